The molecule has 1 saturated carbocycles. The molecular weight excluding hydrogens is 210 g/mol. The van der Waals surface area contributed by atoms with Gasteiger partial charge < -0.3 is 24.7 Å². The molecule has 0 spiro atoms. The predicted octanol–water partition coefficient (Wildman–Crippen LogP) is 0.172. The number of rotatable bonds is 10. The minimum absolute atomic E-state index is 0.347. The summed E-state index contributed by atoms with van der Waals surface area (Å²) in [6.45, 7) is 3.74. The summed E-state index contributed by atoms with van der Waals surface area (Å²) in [4.78, 5) is 0. The van der Waals surface area contributed by atoms with Crippen LogP contribution in [0.4, 0.5) is 0 Å². The summed E-state index contributed by atoms with van der Waals surface area (Å²) in [5, 5.41) is 0. The summed E-state index contributed by atoms with van der Waals surface area (Å²) in [5.41, 5.74) is 5.64. The Morgan fingerprint density at radius 1 is 0.938 bits per heavy atom. The van der Waals surface area contributed by atoms with Crippen LogP contribution in [0.25, 0.3) is 0 Å². The fraction of sp³-hybridized carbons (Fsp3) is 1.00. The summed E-state index contributed by atoms with van der Waals surface area (Å²) >= 11 is 0. The molecule has 0 unspecified atom stereocenters. The lowest BCUT2D eigenvalue weighted by Crippen LogP contribution is -2.42. The van der Waals surface area contributed by atoms with Crippen molar-refractivity contribution in [3.63, 3.8) is 0 Å². The van der Waals surface area contributed by atoms with Crippen molar-refractivity contribution >= 4 is 0 Å². The molecule has 0 heterocycles. The third-order valence-corrected chi connectivity index (χ3v) is 2.52. The van der Waals surface area contributed by atoms with Crippen molar-refractivity contribution in [2.75, 3.05) is 46.8 Å². The van der Waals surface area contributed by atoms with E-state index in [4.69, 9.17) is 24.7 Å². The molecule has 0 aromatic carbocycles. The number of methoxy groups -OCH3 is 1. The number of nitrogens with two attached hydrogens (primary N) is 1. The molecule has 96 valence electrons. The molecule has 2 N–H and O–H groups in total. The molecule has 1 fully saturated rings. The van der Waals surface area contributed by atoms with Gasteiger partial charge in [-0.2, -0.15) is 0 Å². The highest BCUT2D eigenvalue weighted by Gasteiger charge is 2.26. The zero-order valence-corrected chi connectivity index (χ0v) is 10.0. The molecule has 16 heavy (non-hydrogen) atoms. The topological polar surface area (TPSA) is 62.9 Å². The van der Waals surface area contributed by atoms with Gasteiger partial charge in [0.25, 0.3) is 0 Å². The van der Waals surface area contributed by atoms with Gasteiger partial charge in [0, 0.05) is 13.2 Å². The fourth-order valence-corrected chi connectivity index (χ4v) is 1.48. The Morgan fingerprint density at radius 3 is 2.06 bits per heavy atom. The Hall–Kier alpha value is -0.200. The lowest BCUT2D eigenvalue weighted by atomic mass is 9.90. The van der Waals surface area contributed by atoms with Crippen molar-refractivity contribution in [2.24, 2.45) is 5.73 Å². The second-order valence-corrected chi connectivity index (χ2v) is 3.94. The average molecular weight is 233 g/mol. The van der Waals surface area contributed by atoms with Gasteiger partial charge in [-0.1, -0.05) is 0 Å². The first kappa shape index (κ1) is 13.9. The Bertz CT molecular complexity index is 162. The van der Waals surface area contributed by atoms with Crippen LogP contribution in [-0.4, -0.2) is 58.9 Å². The zero-order valence-electron chi connectivity index (χ0n) is 10.0. The normalized spacial score (nSPS) is 24.4. The zero-order chi connectivity index (χ0) is 11.6. The maximum absolute atomic E-state index is 5.64. The molecule has 5 heteroatoms. The van der Waals surface area contributed by atoms with Crippen LogP contribution in [0.15, 0.2) is 0 Å². The fourth-order valence-electron chi connectivity index (χ4n) is 1.48. The molecule has 0 aromatic rings. The molecule has 0 aromatic heterocycles. The minimum atomic E-state index is 0.347. The van der Waals surface area contributed by atoms with Crippen molar-refractivity contribution in [3.8, 4) is 0 Å². The molecule has 0 bridgehead atoms. The number of hydrogen-bond donors (Lipinski definition) is 1. The highest BCUT2D eigenvalue weighted by molar-refractivity contribution is 4.82. The summed E-state index contributed by atoms with van der Waals surface area (Å²) in [6, 6.07) is 0.347. The Labute approximate surface area is 97.2 Å². The van der Waals surface area contributed by atoms with Gasteiger partial charge in [0.2, 0.25) is 0 Å². The SMILES string of the molecule is COCCOCCOCCOC1CC(N)C1. The van der Waals surface area contributed by atoms with E-state index in [0.717, 1.165) is 12.8 Å². The highest BCUT2D eigenvalue weighted by Crippen LogP contribution is 2.20. The largest absolute Gasteiger partial charge is 0.382 e. The Kier molecular flexibility index (Phi) is 7.71. The van der Waals surface area contributed by atoms with Crippen LogP contribution < -0.4 is 5.73 Å². The maximum Gasteiger partial charge on any atom is 0.0704 e. The molecule has 5 nitrogen and oxygen atoms in total. The van der Waals surface area contributed by atoms with E-state index < -0.39 is 0 Å². The van der Waals surface area contributed by atoms with Crippen LogP contribution in [-0.2, 0) is 18.9 Å². The monoisotopic (exact) mass is 233 g/mol. The summed E-state index contributed by atoms with van der Waals surface area (Å²) in [5.74, 6) is 0. The quantitative estimate of drug-likeness (QED) is 0.545. The van der Waals surface area contributed by atoms with Crippen LogP contribution >= 0.6 is 0 Å². The van der Waals surface area contributed by atoms with E-state index in [2.05, 4.69) is 0 Å². The van der Waals surface area contributed by atoms with Gasteiger partial charge in [-0.25, -0.2) is 0 Å². The van der Waals surface area contributed by atoms with Gasteiger partial charge >= 0.3 is 0 Å². The van der Waals surface area contributed by atoms with E-state index in [-0.39, 0.29) is 0 Å². The van der Waals surface area contributed by atoms with Gasteiger partial charge in [-0.15, -0.1) is 0 Å². The van der Waals surface area contributed by atoms with Crippen LogP contribution in [0.3, 0.4) is 0 Å². The third kappa shape index (κ3) is 6.40. The van der Waals surface area contributed by atoms with E-state index >= 15 is 0 Å². The molecule has 1 rings (SSSR count). The average Bonchev–Trinajstić information content (AvgIpc) is 2.24. The van der Waals surface area contributed by atoms with E-state index in [0.29, 0.717) is 51.8 Å². The lowest BCUT2D eigenvalue weighted by molar-refractivity contribution is -0.0446. The van der Waals surface area contributed by atoms with E-state index in [1.165, 1.54) is 0 Å². The van der Waals surface area contributed by atoms with Crippen LogP contribution in [0.1, 0.15) is 12.8 Å². The van der Waals surface area contributed by atoms with Gasteiger partial charge in [0.15, 0.2) is 0 Å². The molecular formula is C11H23NO4. The first-order valence-electron chi connectivity index (χ1n) is 5.84. The maximum atomic E-state index is 5.64. The summed E-state index contributed by atoms with van der Waals surface area (Å²) in [7, 11) is 1.66. The second-order valence-electron chi connectivity index (χ2n) is 3.94. The van der Waals surface area contributed by atoms with Crippen molar-refractivity contribution in [3.05, 3.63) is 0 Å². The molecule has 0 atom stereocenters. The molecule has 1 aliphatic rings. The van der Waals surface area contributed by atoms with Crippen LogP contribution in [0.5, 0.6) is 0 Å². The van der Waals surface area contributed by atoms with Gasteiger partial charge in [-0.05, 0) is 12.8 Å². The van der Waals surface area contributed by atoms with Crippen LogP contribution in [0, 0.1) is 0 Å². The molecule has 0 amide bonds. The predicted molar refractivity (Wildman–Crippen MR) is 60.5 cm³/mol. The van der Waals surface area contributed by atoms with Crippen LogP contribution in [0.2, 0.25) is 0 Å². The van der Waals surface area contributed by atoms with Crippen molar-refractivity contribution in [2.45, 2.75) is 25.0 Å². The minimum Gasteiger partial charge on any atom is -0.382 e. The van der Waals surface area contributed by atoms with Crippen molar-refractivity contribution in [1.82, 2.24) is 0 Å². The van der Waals surface area contributed by atoms with Gasteiger partial charge in [-0.3, -0.25) is 0 Å². The first-order chi connectivity index (χ1) is 7.83. The third-order valence-electron chi connectivity index (χ3n) is 2.52. The first-order valence-corrected chi connectivity index (χ1v) is 5.84. The molecule has 0 aliphatic heterocycles. The summed E-state index contributed by atoms with van der Waals surface area (Å²) in [6.07, 6.45) is 2.33. The van der Waals surface area contributed by atoms with Gasteiger partial charge in [0.05, 0.1) is 45.7 Å². The molecule has 0 saturated heterocycles. The van der Waals surface area contributed by atoms with E-state index in [1.807, 2.05) is 0 Å². The number of ether oxygens (including phenoxy) is 4. The molecule has 1 aliphatic carbocycles. The Balaban J connectivity index is 1.68. The van der Waals surface area contributed by atoms with Gasteiger partial charge in [0.1, 0.15) is 0 Å². The highest BCUT2D eigenvalue weighted by atomic mass is 16.6. The smallest absolute Gasteiger partial charge is 0.0704 e. The Morgan fingerprint density at radius 2 is 1.50 bits per heavy atom. The summed E-state index contributed by atoms with van der Waals surface area (Å²) < 4.78 is 21.0. The van der Waals surface area contributed by atoms with Crippen molar-refractivity contribution in [1.29, 1.82) is 0 Å². The van der Waals surface area contributed by atoms with Crippen molar-refractivity contribution < 1.29 is 18.9 Å². The van der Waals surface area contributed by atoms with E-state index in [1.54, 1.807) is 7.11 Å². The lowest BCUT2D eigenvalue weighted by Gasteiger charge is -2.32. The molecule has 0 radical (unpaired) electrons. The second kappa shape index (κ2) is 8.90. The standard InChI is InChI=1S/C11H23NO4/c1-13-2-3-14-4-5-15-6-7-16-11-8-10(12)9-11/h10-11H,2-9,12H2,1H3. The number of hydrogen-bond acceptors (Lipinski definition) is 5. The van der Waals surface area contributed by atoms with E-state index in [9.17, 15) is 0 Å².